The normalized spacial score (nSPS) is 12.9. The highest BCUT2D eigenvalue weighted by atomic mass is 35.5. The van der Waals surface area contributed by atoms with Gasteiger partial charge in [-0.15, -0.1) is 0 Å². The smallest absolute Gasteiger partial charge is 0.0408 e. The van der Waals surface area contributed by atoms with Gasteiger partial charge in [-0.3, -0.25) is 0 Å². The third-order valence-electron chi connectivity index (χ3n) is 2.31. The second kappa shape index (κ2) is 4.64. The topological polar surface area (TPSA) is 26.0 Å². The van der Waals surface area contributed by atoms with Crippen LogP contribution in [0.5, 0.6) is 0 Å². The molecule has 72 valence electrons. The van der Waals surface area contributed by atoms with Crippen LogP contribution in [0, 0.1) is 6.92 Å². The monoisotopic (exact) mass is 197 g/mol. The van der Waals surface area contributed by atoms with Gasteiger partial charge in [-0.25, -0.2) is 0 Å². The maximum absolute atomic E-state index is 5.88. The predicted octanol–water partition coefficient (Wildman–Crippen LogP) is 2.93. The lowest BCUT2D eigenvalue weighted by atomic mass is 10.0. The molecule has 0 aliphatic heterocycles. The van der Waals surface area contributed by atoms with Crippen LogP contribution in [0.25, 0.3) is 0 Å². The van der Waals surface area contributed by atoms with Crippen molar-refractivity contribution < 1.29 is 0 Å². The molecule has 0 amide bonds. The van der Waals surface area contributed by atoms with E-state index in [0.29, 0.717) is 0 Å². The molecule has 2 N–H and O–H groups in total. The Labute approximate surface area is 84.9 Å². The first-order valence-electron chi connectivity index (χ1n) is 4.64. The quantitative estimate of drug-likeness (QED) is 0.793. The molecule has 2 heteroatoms. The Morgan fingerprint density at radius 3 is 2.69 bits per heavy atom. The van der Waals surface area contributed by atoms with Gasteiger partial charge in [0.25, 0.3) is 0 Å². The van der Waals surface area contributed by atoms with E-state index in [1.165, 1.54) is 11.1 Å². The number of hydrogen-bond acceptors (Lipinski definition) is 1. The number of hydrogen-bond donors (Lipinski definition) is 1. The Bertz CT molecular complexity index is 283. The van der Waals surface area contributed by atoms with Crippen molar-refractivity contribution in [2.24, 2.45) is 5.73 Å². The van der Waals surface area contributed by atoms with Gasteiger partial charge >= 0.3 is 0 Å². The molecule has 0 aliphatic carbocycles. The fourth-order valence-electron chi connectivity index (χ4n) is 1.32. The molecule has 0 heterocycles. The van der Waals surface area contributed by atoms with Crippen molar-refractivity contribution in [3.8, 4) is 0 Å². The van der Waals surface area contributed by atoms with E-state index in [0.717, 1.165) is 17.9 Å². The lowest BCUT2D eigenvalue weighted by Crippen LogP contribution is -2.21. The van der Waals surface area contributed by atoms with E-state index < -0.39 is 0 Å². The van der Waals surface area contributed by atoms with E-state index in [4.69, 9.17) is 17.3 Å². The van der Waals surface area contributed by atoms with Gasteiger partial charge in [-0.1, -0.05) is 24.6 Å². The Hall–Kier alpha value is -0.530. The minimum atomic E-state index is 0.264. The fourth-order valence-corrected chi connectivity index (χ4v) is 1.54. The Morgan fingerprint density at radius 2 is 2.15 bits per heavy atom. The van der Waals surface area contributed by atoms with E-state index in [1.807, 2.05) is 12.1 Å². The number of rotatable bonds is 3. The summed E-state index contributed by atoms with van der Waals surface area (Å²) in [5, 5.41) is 0.798. The van der Waals surface area contributed by atoms with Crippen molar-refractivity contribution in [2.45, 2.75) is 32.7 Å². The highest BCUT2D eigenvalue weighted by molar-refractivity contribution is 6.30. The first kappa shape index (κ1) is 10.6. The van der Waals surface area contributed by atoms with E-state index in [2.05, 4.69) is 19.9 Å². The molecule has 0 spiro atoms. The van der Waals surface area contributed by atoms with Gasteiger partial charge in [0, 0.05) is 11.1 Å². The lowest BCUT2D eigenvalue weighted by Gasteiger charge is -2.11. The summed E-state index contributed by atoms with van der Waals surface area (Å²) in [7, 11) is 0. The maximum atomic E-state index is 5.88. The summed E-state index contributed by atoms with van der Waals surface area (Å²) in [6, 6.07) is 6.23. The third kappa shape index (κ3) is 3.02. The van der Waals surface area contributed by atoms with E-state index in [1.54, 1.807) is 0 Å². The molecule has 1 nitrogen and oxygen atoms in total. The zero-order chi connectivity index (χ0) is 9.84. The molecule has 0 saturated heterocycles. The summed E-state index contributed by atoms with van der Waals surface area (Å²) in [6.45, 7) is 4.18. The van der Waals surface area contributed by atoms with Crippen LogP contribution in [-0.2, 0) is 6.42 Å². The van der Waals surface area contributed by atoms with Crippen molar-refractivity contribution in [1.29, 1.82) is 0 Å². The molecule has 0 bridgehead atoms. The molecule has 1 aromatic carbocycles. The van der Waals surface area contributed by atoms with Crippen LogP contribution in [0.1, 0.15) is 24.5 Å². The molecule has 1 aromatic rings. The third-order valence-corrected chi connectivity index (χ3v) is 2.55. The van der Waals surface area contributed by atoms with Gasteiger partial charge in [0.05, 0.1) is 0 Å². The molecule has 0 fully saturated rings. The van der Waals surface area contributed by atoms with Crippen LogP contribution in [0.15, 0.2) is 18.2 Å². The Kier molecular flexibility index (Phi) is 3.76. The highest BCUT2D eigenvalue weighted by Crippen LogP contribution is 2.16. The number of halogens is 1. The maximum Gasteiger partial charge on any atom is 0.0408 e. The average molecular weight is 198 g/mol. The number of aryl methyl sites for hydroxylation is 1. The molecular weight excluding hydrogens is 182 g/mol. The summed E-state index contributed by atoms with van der Waals surface area (Å²) in [5.74, 6) is 0. The van der Waals surface area contributed by atoms with Crippen LogP contribution in [-0.4, -0.2) is 6.04 Å². The summed E-state index contributed by atoms with van der Waals surface area (Å²) in [4.78, 5) is 0. The standard InChI is InChI=1S/C11H16ClN/c1-3-11(13)7-9-4-5-10(12)6-8(9)2/h4-6,11H,3,7,13H2,1-2H3. The Balaban J connectivity index is 2.77. The second-order valence-electron chi connectivity index (χ2n) is 3.44. The minimum Gasteiger partial charge on any atom is -0.327 e. The predicted molar refractivity (Wildman–Crippen MR) is 58.2 cm³/mol. The fraction of sp³-hybridized carbons (Fsp3) is 0.455. The van der Waals surface area contributed by atoms with Gasteiger partial charge in [-0.2, -0.15) is 0 Å². The molecule has 1 atom stereocenters. The summed E-state index contributed by atoms with van der Waals surface area (Å²) in [5.41, 5.74) is 8.42. The van der Waals surface area contributed by atoms with Crippen LogP contribution in [0.4, 0.5) is 0 Å². The molecule has 13 heavy (non-hydrogen) atoms. The number of benzene rings is 1. The van der Waals surface area contributed by atoms with Gasteiger partial charge in [-0.05, 0) is 43.0 Å². The van der Waals surface area contributed by atoms with E-state index >= 15 is 0 Å². The zero-order valence-corrected chi connectivity index (χ0v) is 8.93. The molecule has 0 aromatic heterocycles. The van der Waals surface area contributed by atoms with Gasteiger partial charge in [0.15, 0.2) is 0 Å². The van der Waals surface area contributed by atoms with Crippen molar-refractivity contribution in [3.05, 3.63) is 34.3 Å². The molecule has 1 unspecified atom stereocenters. The van der Waals surface area contributed by atoms with Gasteiger partial charge in [0.1, 0.15) is 0 Å². The summed E-state index contributed by atoms with van der Waals surface area (Å²) >= 11 is 5.86. The van der Waals surface area contributed by atoms with Crippen LogP contribution >= 0.6 is 11.6 Å². The van der Waals surface area contributed by atoms with E-state index in [9.17, 15) is 0 Å². The number of nitrogens with two attached hydrogens (primary N) is 1. The summed E-state index contributed by atoms with van der Waals surface area (Å²) in [6.07, 6.45) is 1.96. The van der Waals surface area contributed by atoms with Crippen molar-refractivity contribution >= 4 is 11.6 Å². The first-order chi connectivity index (χ1) is 6.13. The largest absolute Gasteiger partial charge is 0.327 e. The van der Waals surface area contributed by atoms with Crippen molar-refractivity contribution in [3.63, 3.8) is 0 Å². The summed E-state index contributed by atoms with van der Waals surface area (Å²) < 4.78 is 0. The van der Waals surface area contributed by atoms with E-state index in [-0.39, 0.29) is 6.04 Å². The lowest BCUT2D eigenvalue weighted by molar-refractivity contribution is 0.644. The average Bonchev–Trinajstić information content (AvgIpc) is 2.09. The van der Waals surface area contributed by atoms with Crippen molar-refractivity contribution in [1.82, 2.24) is 0 Å². The van der Waals surface area contributed by atoms with Gasteiger partial charge < -0.3 is 5.73 Å². The highest BCUT2D eigenvalue weighted by Gasteiger charge is 2.04. The second-order valence-corrected chi connectivity index (χ2v) is 3.88. The zero-order valence-electron chi connectivity index (χ0n) is 8.18. The molecule has 1 rings (SSSR count). The molecule has 0 radical (unpaired) electrons. The van der Waals surface area contributed by atoms with Crippen LogP contribution in [0.3, 0.4) is 0 Å². The first-order valence-corrected chi connectivity index (χ1v) is 5.02. The Morgan fingerprint density at radius 1 is 1.46 bits per heavy atom. The molecular formula is C11H16ClN. The van der Waals surface area contributed by atoms with Gasteiger partial charge in [0.2, 0.25) is 0 Å². The van der Waals surface area contributed by atoms with Crippen LogP contribution in [0.2, 0.25) is 5.02 Å². The minimum absolute atomic E-state index is 0.264. The molecule has 0 aliphatic rings. The van der Waals surface area contributed by atoms with Crippen molar-refractivity contribution in [2.75, 3.05) is 0 Å². The van der Waals surface area contributed by atoms with Crippen LogP contribution < -0.4 is 5.73 Å². The SMILES string of the molecule is CCC(N)Cc1ccc(Cl)cc1C. The molecule has 0 saturated carbocycles.